The smallest absolute Gasteiger partial charge is 0.243 e. The standard InChI is InChI=1S/C19H29ClFN5O/c1-5-13(2)23-19(22-11-18(27)25(3)4)24-14-8-9-26(12-14)15-6-7-16(20)17(21)10-15/h6-7,10,13-14H,5,8-9,11-12H2,1-4H3,(H2,22,23,24). The maximum absolute atomic E-state index is 13.7. The number of guanidine groups is 1. The Hall–Kier alpha value is -2.02. The quantitative estimate of drug-likeness (QED) is 0.572. The molecule has 1 heterocycles. The predicted molar refractivity (Wildman–Crippen MR) is 109 cm³/mol. The molecule has 150 valence electrons. The summed E-state index contributed by atoms with van der Waals surface area (Å²) in [5.41, 5.74) is 0.817. The number of aliphatic imine (C=N–C) groups is 1. The number of halogens is 2. The van der Waals surface area contributed by atoms with Gasteiger partial charge in [-0.3, -0.25) is 4.79 Å². The molecule has 0 aromatic heterocycles. The molecule has 1 aliphatic rings. The van der Waals surface area contributed by atoms with Crippen LogP contribution < -0.4 is 15.5 Å². The molecule has 8 heteroatoms. The lowest BCUT2D eigenvalue weighted by Gasteiger charge is -2.22. The van der Waals surface area contributed by atoms with Crippen molar-refractivity contribution < 1.29 is 9.18 Å². The second-order valence-corrected chi connectivity index (χ2v) is 7.49. The largest absolute Gasteiger partial charge is 0.369 e. The van der Waals surface area contributed by atoms with Crippen LogP contribution in [0.15, 0.2) is 23.2 Å². The topological polar surface area (TPSA) is 60.0 Å². The fourth-order valence-corrected chi connectivity index (χ4v) is 2.86. The third-order valence-electron chi connectivity index (χ3n) is 4.66. The van der Waals surface area contributed by atoms with E-state index in [-0.39, 0.29) is 29.6 Å². The van der Waals surface area contributed by atoms with E-state index in [1.54, 1.807) is 20.2 Å². The van der Waals surface area contributed by atoms with E-state index in [2.05, 4.69) is 34.4 Å². The van der Waals surface area contributed by atoms with Crippen molar-refractivity contribution in [1.29, 1.82) is 0 Å². The zero-order valence-electron chi connectivity index (χ0n) is 16.4. The molecular weight excluding hydrogens is 369 g/mol. The van der Waals surface area contributed by atoms with Crippen LogP contribution in [-0.4, -0.2) is 62.6 Å². The second-order valence-electron chi connectivity index (χ2n) is 7.08. The summed E-state index contributed by atoms with van der Waals surface area (Å²) in [7, 11) is 3.43. The first-order valence-electron chi connectivity index (χ1n) is 9.27. The molecule has 1 aliphatic heterocycles. The van der Waals surface area contributed by atoms with Gasteiger partial charge in [0, 0.05) is 45.0 Å². The molecule has 1 fully saturated rings. The van der Waals surface area contributed by atoms with Gasteiger partial charge in [-0.05, 0) is 38.0 Å². The van der Waals surface area contributed by atoms with Crippen molar-refractivity contribution in [3.63, 3.8) is 0 Å². The molecule has 2 N–H and O–H groups in total. The third-order valence-corrected chi connectivity index (χ3v) is 4.97. The highest BCUT2D eigenvalue weighted by Gasteiger charge is 2.24. The van der Waals surface area contributed by atoms with Crippen LogP contribution in [0.5, 0.6) is 0 Å². The summed E-state index contributed by atoms with van der Waals surface area (Å²) in [6.45, 7) is 5.79. The number of carbonyl (C=O) groups is 1. The molecule has 0 bridgehead atoms. The summed E-state index contributed by atoms with van der Waals surface area (Å²) in [6.07, 6.45) is 1.84. The van der Waals surface area contributed by atoms with Gasteiger partial charge in [0.25, 0.3) is 0 Å². The molecule has 1 aromatic carbocycles. The molecule has 0 spiro atoms. The molecule has 0 aliphatic carbocycles. The van der Waals surface area contributed by atoms with Crippen LogP contribution in [0.2, 0.25) is 5.02 Å². The minimum absolute atomic E-state index is 0.0510. The van der Waals surface area contributed by atoms with E-state index in [4.69, 9.17) is 11.6 Å². The average Bonchev–Trinajstić information content (AvgIpc) is 3.09. The van der Waals surface area contributed by atoms with Crippen molar-refractivity contribution in [2.45, 2.75) is 38.8 Å². The van der Waals surface area contributed by atoms with E-state index in [1.165, 1.54) is 11.0 Å². The summed E-state index contributed by atoms with van der Waals surface area (Å²) in [4.78, 5) is 19.9. The van der Waals surface area contributed by atoms with Gasteiger partial charge < -0.3 is 20.4 Å². The zero-order valence-corrected chi connectivity index (χ0v) is 17.2. The van der Waals surface area contributed by atoms with Crippen LogP contribution in [0.3, 0.4) is 0 Å². The van der Waals surface area contributed by atoms with Crippen molar-refractivity contribution >= 4 is 29.2 Å². The minimum Gasteiger partial charge on any atom is -0.369 e. The summed E-state index contributed by atoms with van der Waals surface area (Å²) < 4.78 is 13.7. The molecule has 1 amide bonds. The number of benzene rings is 1. The van der Waals surface area contributed by atoms with Gasteiger partial charge in [-0.2, -0.15) is 0 Å². The Morgan fingerprint density at radius 1 is 1.48 bits per heavy atom. The number of nitrogens with zero attached hydrogens (tertiary/aromatic N) is 3. The molecule has 6 nitrogen and oxygen atoms in total. The summed E-state index contributed by atoms with van der Waals surface area (Å²) in [5, 5.41) is 6.87. The summed E-state index contributed by atoms with van der Waals surface area (Å²) in [6, 6.07) is 5.28. The van der Waals surface area contributed by atoms with Gasteiger partial charge in [-0.1, -0.05) is 18.5 Å². The number of carbonyl (C=O) groups excluding carboxylic acids is 1. The van der Waals surface area contributed by atoms with Crippen LogP contribution in [0.4, 0.5) is 10.1 Å². The SMILES string of the molecule is CCC(C)NC(=NCC(=O)N(C)C)NC1CCN(c2ccc(Cl)c(F)c2)C1. The van der Waals surface area contributed by atoms with Crippen LogP contribution in [0, 0.1) is 5.82 Å². The van der Waals surface area contributed by atoms with Crippen molar-refractivity contribution in [1.82, 2.24) is 15.5 Å². The van der Waals surface area contributed by atoms with Gasteiger partial charge >= 0.3 is 0 Å². The number of likely N-dealkylation sites (N-methyl/N-ethyl adjacent to an activating group) is 1. The highest BCUT2D eigenvalue weighted by Crippen LogP contribution is 2.25. The summed E-state index contributed by atoms with van der Waals surface area (Å²) in [5.74, 6) is 0.173. The van der Waals surface area contributed by atoms with Gasteiger partial charge in [-0.25, -0.2) is 9.38 Å². The van der Waals surface area contributed by atoms with Crippen LogP contribution in [-0.2, 0) is 4.79 Å². The Balaban J connectivity index is 2.01. The normalized spacial score (nSPS) is 18.4. The van der Waals surface area contributed by atoms with Crippen LogP contribution in [0.25, 0.3) is 0 Å². The van der Waals surface area contributed by atoms with E-state index < -0.39 is 5.82 Å². The Morgan fingerprint density at radius 2 is 2.22 bits per heavy atom. The van der Waals surface area contributed by atoms with E-state index in [1.807, 2.05) is 6.07 Å². The van der Waals surface area contributed by atoms with Gasteiger partial charge in [0.2, 0.25) is 5.91 Å². The molecule has 0 saturated carbocycles. The van der Waals surface area contributed by atoms with E-state index in [0.29, 0.717) is 5.96 Å². The molecule has 2 unspecified atom stereocenters. The number of hydrogen-bond acceptors (Lipinski definition) is 3. The Kier molecular flexibility index (Phi) is 7.71. The number of anilines is 1. The third kappa shape index (κ3) is 6.27. The highest BCUT2D eigenvalue weighted by molar-refractivity contribution is 6.30. The molecule has 2 atom stereocenters. The lowest BCUT2D eigenvalue weighted by atomic mass is 10.2. The Labute approximate surface area is 165 Å². The minimum atomic E-state index is -0.409. The molecular formula is C19H29ClFN5O. The zero-order chi connectivity index (χ0) is 20.0. The van der Waals surface area contributed by atoms with Gasteiger partial charge in [0.05, 0.1) is 5.02 Å². The first-order chi connectivity index (χ1) is 12.8. The van der Waals surface area contributed by atoms with Crippen molar-refractivity contribution in [3.8, 4) is 0 Å². The number of amides is 1. The fraction of sp³-hybridized carbons (Fsp3) is 0.579. The lowest BCUT2D eigenvalue weighted by Crippen LogP contribution is -2.48. The number of hydrogen-bond donors (Lipinski definition) is 2. The number of rotatable bonds is 6. The first kappa shape index (κ1) is 21.3. The van der Waals surface area contributed by atoms with Crippen molar-refractivity contribution in [3.05, 3.63) is 29.0 Å². The highest BCUT2D eigenvalue weighted by atomic mass is 35.5. The average molecular weight is 398 g/mol. The van der Waals surface area contributed by atoms with Gasteiger partial charge in [0.15, 0.2) is 5.96 Å². The fourth-order valence-electron chi connectivity index (χ4n) is 2.74. The van der Waals surface area contributed by atoms with Crippen molar-refractivity contribution in [2.75, 3.05) is 38.6 Å². The van der Waals surface area contributed by atoms with Crippen molar-refractivity contribution in [2.24, 2.45) is 4.99 Å². The maximum Gasteiger partial charge on any atom is 0.243 e. The number of nitrogens with one attached hydrogen (secondary N) is 2. The molecule has 0 radical (unpaired) electrons. The predicted octanol–water partition coefficient (Wildman–Crippen LogP) is 2.48. The summed E-state index contributed by atoms with van der Waals surface area (Å²) >= 11 is 5.77. The Morgan fingerprint density at radius 3 is 2.85 bits per heavy atom. The lowest BCUT2D eigenvalue weighted by molar-refractivity contribution is -0.127. The maximum atomic E-state index is 13.7. The molecule has 1 saturated heterocycles. The van der Waals surface area contributed by atoms with Gasteiger partial charge in [-0.15, -0.1) is 0 Å². The van der Waals surface area contributed by atoms with E-state index in [0.717, 1.165) is 31.6 Å². The first-order valence-corrected chi connectivity index (χ1v) is 9.65. The monoisotopic (exact) mass is 397 g/mol. The van der Waals surface area contributed by atoms with Crippen LogP contribution >= 0.6 is 11.6 Å². The second kappa shape index (κ2) is 9.78. The molecule has 1 aromatic rings. The van der Waals surface area contributed by atoms with E-state index >= 15 is 0 Å². The van der Waals surface area contributed by atoms with E-state index in [9.17, 15) is 9.18 Å². The van der Waals surface area contributed by atoms with Gasteiger partial charge in [0.1, 0.15) is 12.4 Å². The molecule has 27 heavy (non-hydrogen) atoms. The Bertz CT molecular complexity index is 682. The molecule has 2 rings (SSSR count). The van der Waals surface area contributed by atoms with Crippen LogP contribution in [0.1, 0.15) is 26.7 Å².